The molecule has 0 aliphatic carbocycles. The first-order chi connectivity index (χ1) is 7.15. The van der Waals surface area contributed by atoms with Crippen molar-refractivity contribution >= 4 is 11.9 Å². The van der Waals surface area contributed by atoms with Gasteiger partial charge in [-0.3, -0.25) is 9.89 Å². The minimum Gasteiger partial charge on any atom is -0.464 e. The normalized spacial score (nSPS) is 11.9. The zero-order valence-electron chi connectivity index (χ0n) is 8.61. The Labute approximate surface area is 87.0 Å². The average Bonchev–Trinajstić information content (AvgIpc) is 2.70. The molecule has 1 atom stereocenters. The van der Waals surface area contributed by atoms with Gasteiger partial charge in [-0.25, -0.2) is 4.79 Å². The third-order valence-electron chi connectivity index (χ3n) is 1.75. The summed E-state index contributed by atoms with van der Waals surface area (Å²) >= 11 is 0. The summed E-state index contributed by atoms with van der Waals surface area (Å²) in [7, 11) is 0. The maximum atomic E-state index is 11.4. The summed E-state index contributed by atoms with van der Waals surface area (Å²) in [6, 6.07) is -0.660. The number of rotatable bonds is 4. The molecule has 0 aliphatic rings. The molecular weight excluding hydrogens is 198 g/mol. The largest absolute Gasteiger partial charge is 0.464 e. The Morgan fingerprint density at radius 2 is 2.40 bits per heavy atom. The van der Waals surface area contributed by atoms with Gasteiger partial charge in [0, 0.05) is 6.20 Å². The van der Waals surface area contributed by atoms with E-state index in [9.17, 15) is 9.59 Å². The van der Waals surface area contributed by atoms with Gasteiger partial charge in [0.2, 0.25) is 0 Å². The predicted molar refractivity (Wildman–Crippen MR) is 52.1 cm³/mol. The molecule has 0 saturated carbocycles. The van der Waals surface area contributed by atoms with E-state index in [1.54, 1.807) is 13.8 Å². The van der Waals surface area contributed by atoms with Crippen molar-refractivity contribution in [1.82, 2.24) is 15.5 Å². The second kappa shape index (κ2) is 5.14. The number of hydrogen-bond acceptors (Lipinski definition) is 4. The van der Waals surface area contributed by atoms with Crippen molar-refractivity contribution in [3.63, 3.8) is 0 Å². The van der Waals surface area contributed by atoms with Gasteiger partial charge >= 0.3 is 5.97 Å². The quantitative estimate of drug-likeness (QED) is 0.691. The van der Waals surface area contributed by atoms with Crippen molar-refractivity contribution in [2.45, 2.75) is 19.9 Å². The molecule has 6 heteroatoms. The Morgan fingerprint density at radius 3 is 2.93 bits per heavy atom. The third kappa shape index (κ3) is 3.08. The van der Waals surface area contributed by atoms with Crippen LogP contribution in [0, 0.1) is 0 Å². The second-order valence-electron chi connectivity index (χ2n) is 2.93. The van der Waals surface area contributed by atoms with Gasteiger partial charge in [-0.2, -0.15) is 5.10 Å². The Hall–Kier alpha value is -1.85. The van der Waals surface area contributed by atoms with Gasteiger partial charge in [0.15, 0.2) is 0 Å². The molecule has 0 spiro atoms. The highest BCUT2D eigenvalue weighted by atomic mass is 16.5. The standard InChI is InChI=1S/C9H13N3O3/c1-3-15-9(14)6(2)12-8(13)7-4-10-11-5-7/h4-6H,3H2,1-2H3,(H,10,11)(H,12,13). The van der Waals surface area contributed by atoms with Crippen LogP contribution in [0.25, 0.3) is 0 Å². The van der Waals surface area contributed by atoms with Crippen LogP contribution in [0.15, 0.2) is 12.4 Å². The SMILES string of the molecule is CCOC(=O)C(C)NC(=O)c1cn[nH]c1. The van der Waals surface area contributed by atoms with Crippen LogP contribution < -0.4 is 5.32 Å². The Bertz CT molecular complexity index is 334. The van der Waals surface area contributed by atoms with Gasteiger partial charge in [-0.15, -0.1) is 0 Å². The fourth-order valence-corrected chi connectivity index (χ4v) is 0.981. The molecule has 1 unspecified atom stereocenters. The van der Waals surface area contributed by atoms with Gasteiger partial charge in [0.25, 0.3) is 5.91 Å². The van der Waals surface area contributed by atoms with Crippen molar-refractivity contribution < 1.29 is 14.3 Å². The molecule has 0 saturated heterocycles. The topological polar surface area (TPSA) is 84.1 Å². The first-order valence-corrected chi connectivity index (χ1v) is 4.61. The van der Waals surface area contributed by atoms with Crippen molar-refractivity contribution in [3.8, 4) is 0 Å². The molecule has 82 valence electrons. The molecule has 1 aromatic rings. The van der Waals surface area contributed by atoms with Crippen molar-refractivity contribution in [2.75, 3.05) is 6.61 Å². The summed E-state index contributed by atoms with van der Waals surface area (Å²) in [6.45, 7) is 3.57. The summed E-state index contributed by atoms with van der Waals surface area (Å²) < 4.78 is 4.74. The molecule has 2 N–H and O–H groups in total. The summed E-state index contributed by atoms with van der Waals surface area (Å²) in [6.07, 6.45) is 2.83. The summed E-state index contributed by atoms with van der Waals surface area (Å²) in [5.41, 5.74) is 0.381. The van der Waals surface area contributed by atoms with Gasteiger partial charge in [-0.1, -0.05) is 0 Å². The number of hydrogen-bond donors (Lipinski definition) is 2. The van der Waals surface area contributed by atoms with Crippen LogP contribution >= 0.6 is 0 Å². The number of carbonyl (C=O) groups is 2. The lowest BCUT2D eigenvalue weighted by atomic mass is 10.3. The highest BCUT2D eigenvalue weighted by molar-refractivity contribution is 5.96. The first-order valence-electron chi connectivity index (χ1n) is 4.61. The number of nitrogens with one attached hydrogen (secondary N) is 2. The smallest absolute Gasteiger partial charge is 0.328 e. The van der Waals surface area contributed by atoms with Crippen LogP contribution in [0.4, 0.5) is 0 Å². The van der Waals surface area contributed by atoms with Crippen LogP contribution in [0.2, 0.25) is 0 Å². The minimum atomic E-state index is -0.660. The lowest BCUT2D eigenvalue weighted by Crippen LogP contribution is -2.39. The molecule has 1 heterocycles. The molecule has 0 bridgehead atoms. The molecule has 0 aromatic carbocycles. The van der Waals surface area contributed by atoms with Crippen LogP contribution in [0.3, 0.4) is 0 Å². The average molecular weight is 211 g/mol. The van der Waals surface area contributed by atoms with Crippen molar-refractivity contribution in [2.24, 2.45) is 0 Å². The highest BCUT2D eigenvalue weighted by Gasteiger charge is 2.17. The Kier molecular flexibility index (Phi) is 3.84. The molecule has 0 aliphatic heterocycles. The monoisotopic (exact) mass is 211 g/mol. The number of esters is 1. The molecular formula is C9H13N3O3. The van der Waals surface area contributed by atoms with E-state index >= 15 is 0 Å². The lowest BCUT2D eigenvalue weighted by molar-refractivity contribution is -0.144. The van der Waals surface area contributed by atoms with Crippen LogP contribution in [0.5, 0.6) is 0 Å². The zero-order chi connectivity index (χ0) is 11.3. The maximum Gasteiger partial charge on any atom is 0.328 e. The number of nitrogens with zero attached hydrogens (tertiary/aromatic N) is 1. The van der Waals surface area contributed by atoms with E-state index < -0.39 is 12.0 Å². The van der Waals surface area contributed by atoms with E-state index in [-0.39, 0.29) is 5.91 Å². The van der Waals surface area contributed by atoms with Crippen LogP contribution in [0.1, 0.15) is 24.2 Å². The van der Waals surface area contributed by atoms with E-state index in [0.29, 0.717) is 12.2 Å². The maximum absolute atomic E-state index is 11.4. The first kappa shape index (κ1) is 11.2. The van der Waals surface area contributed by atoms with Crippen LogP contribution in [-0.2, 0) is 9.53 Å². The van der Waals surface area contributed by atoms with Gasteiger partial charge < -0.3 is 10.1 Å². The number of amides is 1. The summed E-state index contributed by atoms with van der Waals surface area (Å²) in [5, 5.41) is 8.63. The van der Waals surface area contributed by atoms with E-state index in [1.165, 1.54) is 12.4 Å². The number of carbonyl (C=O) groups excluding carboxylic acids is 2. The number of ether oxygens (including phenoxy) is 1. The molecule has 1 amide bonds. The number of aromatic nitrogens is 2. The zero-order valence-corrected chi connectivity index (χ0v) is 8.61. The Balaban J connectivity index is 2.48. The second-order valence-corrected chi connectivity index (χ2v) is 2.93. The predicted octanol–water partition coefficient (Wildman–Crippen LogP) is 0.0911. The van der Waals surface area contributed by atoms with Gasteiger partial charge in [0.05, 0.1) is 18.4 Å². The fourth-order valence-electron chi connectivity index (χ4n) is 0.981. The molecule has 15 heavy (non-hydrogen) atoms. The number of H-pyrrole nitrogens is 1. The minimum absolute atomic E-state index is 0.296. The van der Waals surface area contributed by atoms with Crippen molar-refractivity contribution in [1.29, 1.82) is 0 Å². The molecule has 0 radical (unpaired) electrons. The number of aromatic amines is 1. The highest BCUT2D eigenvalue weighted by Crippen LogP contribution is 1.95. The van der Waals surface area contributed by atoms with E-state index in [0.717, 1.165) is 0 Å². The Morgan fingerprint density at radius 1 is 1.67 bits per heavy atom. The molecule has 0 fully saturated rings. The molecule has 1 aromatic heterocycles. The molecule has 6 nitrogen and oxygen atoms in total. The third-order valence-corrected chi connectivity index (χ3v) is 1.75. The van der Waals surface area contributed by atoms with E-state index in [2.05, 4.69) is 15.5 Å². The van der Waals surface area contributed by atoms with Crippen LogP contribution in [-0.4, -0.2) is 34.7 Å². The van der Waals surface area contributed by atoms with E-state index in [4.69, 9.17) is 4.74 Å². The lowest BCUT2D eigenvalue weighted by Gasteiger charge is -2.11. The van der Waals surface area contributed by atoms with Gasteiger partial charge in [0.1, 0.15) is 6.04 Å². The fraction of sp³-hybridized carbons (Fsp3) is 0.444. The van der Waals surface area contributed by atoms with E-state index in [1.807, 2.05) is 0 Å². The summed E-state index contributed by atoms with van der Waals surface area (Å²) in [5.74, 6) is -0.807. The molecule has 1 rings (SSSR count). The van der Waals surface area contributed by atoms with Crippen molar-refractivity contribution in [3.05, 3.63) is 18.0 Å². The summed E-state index contributed by atoms with van der Waals surface area (Å²) in [4.78, 5) is 22.6. The van der Waals surface area contributed by atoms with Gasteiger partial charge in [-0.05, 0) is 13.8 Å².